The molecule has 2 aromatic carbocycles. The molecule has 1 saturated heterocycles. The Balaban J connectivity index is 1.39. The molecule has 2 aliphatic rings. The SMILES string of the molecule is COc1cc(/C=C/C2=NOC3(c4ccccc4)CCCN23)ccc1-n1cnc(C)c1. The van der Waals surface area contributed by atoms with Crippen molar-refractivity contribution in [1.29, 1.82) is 0 Å². The van der Waals surface area contributed by atoms with Gasteiger partial charge in [-0.25, -0.2) is 4.98 Å². The van der Waals surface area contributed by atoms with Crippen LogP contribution in [0.15, 0.2) is 72.3 Å². The number of aryl methyl sites for hydroxylation is 1. The van der Waals surface area contributed by atoms with E-state index in [2.05, 4.69) is 33.2 Å². The first kappa shape index (κ1) is 18.5. The summed E-state index contributed by atoms with van der Waals surface area (Å²) in [4.78, 5) is 12.6. The molecule has 0 radical (unpaired) electrons. The summed E-state index contributed by atoms with van der Waals surface area (Å²) in [7, 11) is 1.68. The number of aromatic nitrogens is 2. The van der Waals surface area contributed by atoms with E-state index in [1.54, 1.807) is 13.4 Å². The van der Waals surface area contributed by atoms with Gasteiger partial charge in [0.05, 0.1) is 24.8 Å². The van der Waals surface area contributed by atoms with E-state index in [4.69, 9.17) is 9.57 Å². The smallest absolute Gasteiger partial charge is 0.237 e. The van der Waals surface area contributed by atoms with E-state index >= 15 is 0 Å². The molecule has 6 nitrogen and oxygen atoms in total. The van der Waals surface area contributed by atoms with Gasteiger partial charge < -0.3 is 19.0 Å². The van der Waals surface area contributed by atoms with Crippen LogP contribution in [0.5, 0.6) is 5.75 Å². The number of amidine groups is 1. The molecule has 152 valence electrons. The predicted molar refractivity (Wildman–Crippen MR) is 116 cm³/mol. The lowest BCUT2D eigenvalue weighted by molar-refractivity contribution is -0.0847. The third kappa shape index (κ3) is 3.05. The molecule has 3 aromatic rings. The van der Waals surface area contributed by atoms with E-state index in [-0.39, 0.29) is 0 Å². The van der Waals surface area contributed by atoms with Crippen molar-refractivity contribution >= 4 is 11.9 Å². The molecule has 1 fully saturated rings. The van der Waals surface area contributed by atoms with Crippen molar-refractivity contribution in [3.63, 3.8) is 0 Å². The summed E-state index contributed by atoms with van der Waals surface area (Å²) in [5, 5.41) is 4.41. The van der Waals surface area contributed by atoms with Crippen LogP contribution in [-0.4, -0.2) is 33.9 Å². The summed E-state index contributed by atoms with van der Waals surface area (Å²) in [6.07, 6.45) is 9.86. The first-order valence-corrected chi connectivity index (χ1v) is 10.2. The zero-order valence-corrected chi connectivity index (χ0v) is 17.2. The van der Waals surface area contributed by atoms with Crippen molar-refractivity contribution in [3.05, 3.63) is 84.0 Å². The number of hydrogen-bond acceptors (Lipinski definition) is 5. The molecular formula is C24H24N4O2. The quantitative estimate of drug-likeness (QED) is 0.633. The summed E-state index contributed by atoms with van der Waals surface area (Å²) in [5.74, 6) is 1.64. The maximum absolute atomic E-state index is 6.00. The summed E-state index contributed by atoms with van der Waals surface area (Å²) in [6.45, 7) is 2.90. The van der Waals surface area contributed by atoms with Crippen LogP contribution < -0.4 is 4.74 Å². The fourth-order valence-electron chi connectivity index (χ4n) is 4.27. The zero-order valence-electron chi connectivity index (χ0n) is 17.2. The van der Waals surface area contributed by atoms with Gasteiger partial charge in [0, 0.05) is 24.7 Å². The molecule has 0 bridgehead atoms. The van der Waals surface area contributed by atoms with Crippen LogP contribution >= 0.6 is 0 Å². The number of nitrogens with zero attached hydrogens (tertiary/aromatic N) is 4. The largest absolute Gasteiger partial charge is 0.495 e. The molecular weight excluding hydrogens is 376 g/mol. The number of fused-ring (bicyclic) bond motifs is 1. The van der Waals surface area contributed by atoms with Gasteiger partial charge in [-0.1, -0.05) is 47.6 Å². The van der Waals surface area contributed by atoms with E-state index in [0.717, 1.165) is 53.5 Å². The highest BCUT2D eigenvalue weighted by Gasteiger charge is 2.50. The van der Waals surface area contributed by atoms with Gasteiger partial charge in [-0.05, 0) is 37.1 Å². The number of hydrogen-bond donors (Lipinski definition) is 0. The first-order chi connectivity index (χ1) is 14.7. The average molecular weight is 400 g/mol. The lowest BCUT2D eigenvalue weighted by atomic mass is 10.00. The van der Waals surface area contributed by atoms with E-state index in [1.165, 1.54) is 0 Å². The Bertz CT molecular complexity index is 1120. The predicted octanol–water partition coefficient (Wildman–Crippen LogP) is 4.50. The summed E-state index contributed by atoms with van der Waals surface area (Å²) < 4.78 is 7.58. The molecule has 0 N–H and O–H groups in total. The zero-order chi connectivity index (χ0) is 20.6. The molecule has 6 heteroatoms. The second-order valence-corrected chi connectivity index (χ2v) is 7.63. The van der Waals surface area contributed by atoms with Crippen molar-refractivity contribution in [2.24, 2.45) is 5.16 Å². The molecule has 0 saturated carbocycles. The number of rotatable bonds is 5. The molecule has 5 rings (SSSR count). The van der Waals surface area contributed by atoms with E-state index in [0.29, 0.717) is 0 Å². The number of methoxy groups -OCH3 is 1. The third-order valence-electron chi connectivity index (χ3n) is 5.74. The van der Waals surface area contributed by atoms with Crippen LogP contribution in [0.2, 0.25) is 0 Å². The van der Waals surface area contributed by atoms with Gasteiger partial charge in [-0.15, -0.1) is 0 Å². The highest BCUT2D eigenvalue weighted by Crippen LogP contribution is 2.44. The first-order valence-electron chi connectivity index (χ1n) is 10.2. The standard InChI is InChI=1S/C24H24N4O2/c1-18-16-27(17-25-18)21-11-9-19(15-22(21)29-2)10-12-23-26-30-24(13-6-14-28(23)24)20-7-4-3-5-8-20/h3-5,7-12,15-17H,6,13-14H2,1-2H3/b12-10+. The highest BCUT2D eigenvalue weighted by molar-refractivity contribution is 5.97. The van der Waals surface area contributed by atoms with Crippen LogP contribution in [0.3, 0.4) is 0 Å². The van der Waals surface area contributed by atoms with Gasteiger partial charge >= 0.3 is 0 Å². The topological polar surface area (TPSA) is 51.9 Å². The van der Waals surface area contributed by atoms with E-state index in [9.17, 15) is 0 Å². The monoisotopic (exact) mass is 400 g/mol. The van der Waals surface area contributed by atoms with E-state index in [1.807, 2.05) is 60.2 Å². The normalized spacial score (nSPS) is 20.3. The Kier molecular flexibility index (Phi) is 4.54. The van der Waals surface area contributed by atoms with Gasteiger partial charge in [0.25, 0.3) is 0 Å². The Labute approximate surface area is 176 Å². The Morgan fingerprint density at radius 3 is 2.77 bits per heavy atom. The summed E-state index contributed by atoms with van der Waals surface area (Å²) in [5.41, 5.74) is 3.64. The third-order valence-corrected chi connectivity index (χ3v) is 5.74. The second-order valence-electron chi connectivity index (χ2n) is 7.63. The minimum atomic E-state index is -0.470. The van der Waals surface area contributed by atoms with Crippen molar-refractivity contribution < 1.29 is 9.57 Å². The number of ether oxygens (including phenoxy) is 1. The minimum absolute atomic E-state index is 0.470. The van der Waals surface area contributed by atoms with Crippen LogP contribution in [0, 0.1) is 6.92 Å². The van der Waals surface area contributed by atoms with Gasteiger partial charge in [0.1, 0.15) is 5.75 Å². The Morgan fingerprint density at radius 1 is 1.13 bits per heavy atom. The van der Waals surface area contributed by atoms with Gasteiger partial charge in [-0.2, -0.15) is 0 Å². The maximum atomic E-state index is 6.00. The molecule has 1 atom stereocenters. The Morgan fingerprint density at radius 2 is 2.00 bits per heavy atom. The minimum Gasteiger partial charge on any atom is -0.495 e. The van der Waals surface area contributed by atoms with Crippen LogP contribution in [0.4, 0.5) is 0 Å². The molecule has 3 heterocycles. The summed E-state index contributed by atoms with van der Waals surface area (Å²) in [6, 6.07) is 16.5. The highest BCUT2D eigenvalue weighted by atomic mass is 16.7. The molecule has 1 aromatic heterocycles. The molecule has 0 spiro atoms. The van der Waals surface area contributed by atoms with Crippen molar-refractivity contribution in [2.45, 2.75) is 25.5 Å². The van der Waals surface area contributed by atoms with E-state index < -0.39 is 5.72 Å². The van der Waals surface area contributed by atoms with Gasteiger partial charge in [-0.3, -0.25) is 0 Å². The molecule has 30 heavy (non-hydrogen) atoms. The number of imidazole rings is 1. The lowest BCUT2D eigenvalue weighted by Gasteiger charge is -2.30. The van der Waals surface area contributed by atoms with Gasteiger partial charge in [0.2, 0.25) is 5.72 Å². The van der Waals surface area contributed by atoms with Crippen LogP contribution in [-0.2, 0) is 10.6 Å². The Hall–Kier alpha value is -3.54. The molecule has 2 aliphatic heterocycles. The van der Waals surface area contributed by atoms with Crippen molar-refractivity contribution in [1.82, 2.24) is 14.5 Å². The van der Waals surface area contributed by atoms with Crippen LogP contribution in [0.1, 0.15) is 29.7 Å². The molecule has 0 aliphatic carbocycles. The lowest BCUT2D eigenvalue weighted by Crippen LogP contribution is -2.40. The number of oxime groups is 1. The molecule has 1 unspecified atom stereocenters. The van der Waals surface area contributed by atoms with Crippen LogP contribution in [0.25, 0.3) is 11.8 Å². The average Bonchev–Trinajstić information content (AvgIpc) is 3.48. The van der Waals surface area contributed by atoms with Crippen molar-refractivity contribution in [3.8, 4) is 11.4 Å². The molecule has 0 amide bonds. The van der Waals surface area contributed by atoms with Crippen molar-refractivity contribution in [2.75, 3.05) is 13.7 Å². The van der Waals surface area contributed by atoms with Gasteiger partial charge in [0.15, 0.2) is 5.84 Å². The fraction of sp³-hybridized carbons (Fsp3) is 0.250. The summed E-state index contributed by atoms with van der Waals surface area (Å²) >= 11 is 0. The number of benzene rings is 2. The maximum Gasteiger partial charge on any atom is 0.237 e. The fourth-order valence-corrected chi connectivity index (χ4v) is 4.27. The second kappa shape index (κ2) is 7.37.